The second-order valence-corrected chi connectivity index (χ2v) is 6.61. The summed E-state index contributed by atoms with van der Waals surface area (Å²) >= 11 is 0. The van der Waals surface area contributed by atoms with Gasteiger partial charge in [0.15, 0.2) is 0 Å². The Kier molecular flexibility index (Phi) is 4.62. The number of fused-ring (bicyclic) bond motifs is 1. The second-order valence-electron chi connectivity index (χ2n) is 6.61. The van der Waals surface area contributed by atoms with Crippen molar-refractivity contribution in [1.29, 1.82) is 0 Å². The highest BCUT2D eigenvalue weighted by molar-refractivity contribution is 5.92. The Morgan fingerprint density at radius 1 is 1.27 bits per heavy atom. The van der Waals surface area contributed by atoms with Crippen LogP contribution in [0.3, 0.4) is 0 Å². The molecule has 4 rings (SSSR count). The molecule has 7 nitrogen and oxygen atoms in total. The van der Waals surface area contributed by atoms with Crippen molar-refractivity contribution in [3.8, 4) is 0 Å². The molecule has 1 saturated heterocycles. The van der Waals surface area contributed by atoms with Gasteiger partial charge in [-0.2, -0.15) is 0 Å². The molecule has 0 aromatic carbocycles. The predicted octanol–water partition coefficient (Wildman–Crippen LogP) is 1.76. The van der Waals surface area contributed by atoms with Gasteiger partial charge in [0.2, 0.25) is 0 Å². The van der Waals surface area contributed by atoms with E-state index in [1.54, 1.807) is 12.4 Å². The molecule has 1 atom stereocenters. The molecule has 0 spiro atoms. The van der Waals surface area contributed by atoms with E-state index >= 15 is 0 Å². The second kappa shape index (κ2) is 7.21. The number of nitrogens with zero attached hydrogens (tertiary/aromatic N) is 5. The third-order valence-electron chi connectivity index (χ3n) is 4.64. The van der Waals surface area contributed by atoms with Crippen molar-refractivity contribution < 1.29 is 9.53 Å². The number of hydrogen-bond acceptors (Lipinski definition) is 5. The molecule has 134 valence electrons. The van der Waals surface area contributed by atoms with Crippen LogP contribution in [0.2, 0.25) is 0 Å². The van der Waals surface area contributed by atoms with E-state index in [9.17, 15) is 4.79 Å². The van der Waals surface area contributed by atoms with Gasteiger partial charge in [-0.25, -0.2) is 4.98 Å². The average molecular weight is 351 g/mol. The summed E-state index contributed by atoms with van der Waals surface area (Å²) in [5.41, 5.74) is 3.29. The van der Waals surface area contributed by atoms with Crippen LogP contribution >= 0.6 is 0 Å². The zero-order valence-electron chi connectivity index (χ0n) is 14.7. The fraction of sp³-hybridized carbons (Fsp3) is 0.368. The number of aromatic nitrogens is 4. The summed E-state index contributed by atoms with van der Waals surface area (Å²) in [6.07, 6.45) is 9.68. The molecule has 4 heterocycles. The van der Waals surface area contributed by atoms with Gasteiger partial charge in [-0.05, 0) is 25.5 Å². The van der Waals surface area contributed by atoms with Crippen molar-refractivity contribution in [2.45, 2.75) is 13.3 Å². The molecule has 0 bridgehead atoms. The van der Waals surface area contributed by atoms with Crippen molar-refractivity contribution in [3.63, 3.8) is 0 Å². The molecule has 0 N–H and O–H groups in total. The van der Waals surface area contributed by atoms with E-state index in [4.69, 9.17) is 4.74 Å². The smallest absolute Gasteiger partial charge is 0.274 e. The van der Waals surface area contributed by atoms with E-state index in [0.717, 1.165) is 23.3 Å². The summed E-state index contributed by atoms with van der Waals surface area (Å²) in [6.45, 7) is 4.19. The van der Waals surface area contributed by atoms with Crippen molar-refractivity contribution >= 4 is 11.4 Å². The summed E-state index contributed by atoms with van der Waals surface area (Å²) in [4.78, 5) is 27.5. The van der Waals surface area contributed by atoms with Gasteiger partial charge in [0.25, 0.3) is 5.91 Å². The monoisotopic (exact) mass is 351 g/mol. The quantitative estimate of drug-likeness (QED) is 0.719. The highest BCUT2D eigenvalue weighted by atomic mass is 16.5. The molecular formula is C19H21N5O2. The lowest BCUT2D eigenvalue weighted by Crippen LogP contribution is -2.37. The molecule has 1 amide bonds. The number of aryl methyl sites for hydroxylation is 1. The van der Waals surface area contributed by atoms with E-state index in [2.05, 4.69) is 25.4 Å². The van der Waals surface area contributed by atoms with E-state index in [0.29, 0.717) is 32.0 Å². The molecule has 1 unspecified atom stereocenters. The zero-order valence-corrected chi connectivity index (χ0v) is 14.7. The highest BCUT2D eigenvalue weighted by Gasteiger charge is 2.25. The van der Waals surface area contributed by atoms with Gasteiger partial charge in [-0.3, -0.25) is 14.8 Å². The molecule has 3 aromatic rings. The van der Waals surface area contributed by atoms with Gasteiger partial charge in [-0.1, -0.05) is 0 Å². The maximum atomic E-state index is 12.8. The molecule has 1 aliphatic rings. The van der Waals surface area contributed by atoms with Crippen LogP contribution < -0.4 is 0 Å². The van der Waals surface area contributed by atoms with Gasteiger partial charge < -0.3 is 14.0 Å². The summed E-state index contributed by atoms with van der Waals surface area (Å²) in [5, 5.41) is 0. The largest absolute Gasteiger partial charge is 0.379 e. The number of hydrogen-bond donors (Lipinski definition) is 0. The first-order chi connectivity index (χ1) is 12.7. The molecule has 0 radical (unpaired) electrons. The normalized spacial score (nSPS) is 18.0. The number of carbonyl (C=O) groups is 1. The van der Waals surface area contributed by atoms with E-state index in [-0.39, 0.29) is 11.8 Å². The van der Waals surface area contributed by atoms with Crippen molar-refractivity contribution in [2.24, 2.45) is 5.92 Å². The molecular weight excluding hydrogens is 330 g/mol. The van der Waals surface area contributed by atoms with Crippen LogP contribution in [-0.4, -0.2) is 56.5 Å². The van der Waals surface area contributed by atoms with Crippen LogP contribution in [-0.2, 0) is 11.2 Å². The van der Waals surface area contributed by atoms with E-state index < -0.39 is 0 Å². The lowest BCUT2D eigenvalue weighted by Gasteiger charge is -2.23. The number of ether oxygens (including phenoxy) is 1. The Labute approximate surface area is 151 Å². The molecule has 0 saturated carbocycles. The highest BCUT2D eigenvalue weighted by Crippen LogP contribution is 2.18. The Balaban J connectivity index is 1.51. The van der Waals surface area contributed by atoms with Crippen LogP contribution in [0.25, 0.3) is 5.52 Å². The van der Waals surface area contributed by atoms with Gasteiger partial charge >= 0.3 is 0 Å². The van der Waals surface area contributed by atoms with Crippen molar-refractivity contribution in [3.05, 3.63) is 60.2 Å². The minimum Gasteiger partial charge on any atom is -0.379 e. The van der Waals surface area contributed by atoms with Gasteiger partial charge in [0, 0.05) is 43.8 Å². The Bertz CT molecular complexity index is 906. The summed E-state index contributed by atoms with van der Waals surface area (Å²) in [7, 11) is 0. The summed E-state index contributed by atoms with van der Waals surface area (Å²) < 4.78 is 7.80. The van der Waals surface area contributed by atoms with E-state index in [1.807, 2.05) is 36.5 Å². The lowest BCUT2D eigenvalue weighted by atomic mass is 10.0. The summed E-state index contributed by atoms with van der Waals surface area (Å²) in [5.74, 6) is 0.0929. The molecule has 1 fully saturated rings. The maximum absolute atomic E-state index is 12.8. The van der Waals surface area contributed by atoms with Crippen LogP contribution in [0, 0.1) is 12.8 Å². The van der Waals surface area contributed by atoms with Crippen LogP contribution in [0.5, 0.6) is 0 Å². The first kappa shape index (κ1) is 16.7. The number of rotatable bonds is 3. The fourth-order valence-electron chi connectivity index (χ4n) is 3.31. The van der Waals surface area contributed by atoms with Crippen LogP contribution in [0.4, 0.5) is 0 Å². The Hall–Kier alpha value is -2.80. The standard InChI is InChI=1S/C19H21N5O2/c1-14-10-22-17(11-21-14)19(25)24-7-8-26-13-15(12-24)9-16-18-3-2-5-23(18)6-4-20-16/h2-6,10-11,15H,7-9,12-13H2,1H3. The van der Waals surface area contributed by atoms with Crippen molar-refractivity contribution in [2.75, 3.05) is 26.3 Å². The fourth-order valence-corrected chi connectivity index (χ4v) is 3.31. The lowest BCUT2D eigenvalue weighted by molar-refractivity contribution is 0.0731. The first-order valence-corrected chi connectivity index (χ1v) is 8.77. The third kappa shape index (κ3) is 3.43. The molecule has 0 aliphatic carbocycles. The van der Waals surface area contributed by atoms with Gasteiger partial charge in [0.05, 0.1) is 36.3 Å². The van der Waals surface area contributed by atoms with Crippen LogP contribution in [0.15, 0.2) is 43.1 Å². The minimum absolute atomic E-state index is 0.0955. The summed E-state index contributed by atoms with van der Waals surface area (Å²) in [6, 6.07) is 4.07. The number of amides is 1. The van der Waals surface area contributed by atoms with Gasteiger partial charge in [-0.15, -0.1) is 0 Å². The first-order valence-electron chi connectivity index (χ1n) is 8.77. The molecule has 26 heavy (non-hydrogen) atoms. The SMILES string of the molecule is Cc1cnc(C(=O)N2CCOCC(Cc3nccn4cccc34)C2)cn1. The van der Waals surface area contributed by atoms with Gasteiger partial charge in [0.1, 0.15) is 5.69 Å². The average Bonchev–Trinajstić information content (AvgIpc) is 3.02. The maximum Gasteiger partial charge on any atom is 0.274 e. The third-order valence-corrected chi connectivity index (χ3v) is 4.64. The Morgan fingerprint density at radius 2 is 2.19 bits per heavy atom. The predicted molar refractivity (Wildman–Crippen MR) is 95.9 cm³/mol. The topological polar surface area (TPSA) is 72.6 Å². The molecule has 1 aliphatic heterocycles. The minimum atomic E-state index is -0.0955. The molecule has 7 heteroatoms. The van der Waals surface area contributed by atoms with Crippen LogP contribution in [0.1, 0.15) is 21.9 Å². The van der Waals surface area contributed by atoms with E-state index in [1.165, 1.54) is 0 Å². The van der Waals surface area contributed by atoms with Crippen molar-refractivity contribution in [1.82, 2.24) is 24.3 Å². The number of carbonyl (C=O) groups excluding carboxylic acids is 1. The zero-order chi connectivity index (χ0) is 17.9. The molecule has 3 aromatic heterocycles. The Morgan fingerprint density at radius 3 is 3.04 bits per heavy atom.